The number of carbonyl (C=O) groups is 1. The maximum atomic E-state index is 11.4. The summed E-state index contributed by atoms with van der Waals surface area (Å²) >= 11 is 5.83. The van der Waals surface area contributed by atoms with Gasteiger partial charge in [0.25, 0.3) is 0 Å². The summed E-state index contributed by atoms with van der Waals surface area (Å²) in [7, 11) is 0. The highest BCUT2D eigenvalue weighted by molar-refractivity contribution is 6.30. The summed E-state index contributed by atoms with van der Waals surface area (Å²) in [6, 6.07) is 7.55. The fraction of sp³-hybridized carbons (Fsp3) is 0.462. The van der Waals surface area contributed by atoms with Crippen molar-refractivity contribution in [2.75, 3.05) is 0 Å². The van der Waals surface area contributed by atoms with Crippen LogP contribution in [0.3, 0.4) is 0 Å². The van der Waals surface area contributed by atoms with Crippen molar-refractivity contribution in [3.63, 3.8) is 0 Å². The normalized spacial score (nSPS) is 28.5. The van der Waals surface area contributed by atoms with E-state index in [2.05, 4.69) is 0 Å². The minimum atomic E-state index is -0.666. The van der Waals surface area contributed by atoms with Gasteiger partial charge in [-0.25, -0.2) is 0 Å². The van der Waals surface area contributed by atoms with Gasteiger partial charge in [-0.05, 0) is 37.0 Å². The molecule has 1 fully saturated rings. The Balaban J connectivity index is 2.29. The molecule has 16 heavy (non-hydrogen) atoms. The third-order valence-corrected chi connectivity index (χ3v) is 4.13. The van der Waals surface area contributed by atoms with Crippen LogP contribution in [0, 0.1) is 5.41 Å². The van der Waals surface area contributed by atoms with Crippen LogP contribution in [-0.4, -0.2) is 11.1 Å². The second kappa shape index (κ2) is 4.10. The molecule has 0 saturated heterocycles. The average molecular weight is 239 g/mol. The first-order valence-corrected chi connectivity index (χ1v) is 5.97. The molecule has 1 aromatic rings. The predicted molar refractivity (Wildman–Crippen MR) is 63.8 cm³/mol. The lowest BCUT2D eigenvalue weighted by Gasteiger charge is -2.46. The number of aliphatic carboxylic acids is 1. The Bertz CT molecular complexity index is 395. The monoisotopic (exact) mass is 238 g/mol. The summed E-state index contributed by atoms with van der Waals surface area (Å²) in [5.74, 6) is -0.520. The molecule has 0 aromatic heterocycles. The predicted octanol–water partition coefficient (Wildman–Crippen LogP) is 3.70. The zero-order chi connectivity index (χ0) is 11.8. The van der Waals surface area contributed by atoms with Crippen LogP contribution >= 0.6 is 11.6 Å². The van der Waals surface area contributed by atoms with Gasteiger partial charge in [-0.15, -0.1) is 0 Å². The Labute approximate surface area is 100 Å². The highest BCUT2D eigenvalue weighted by Gasteiger charge is 2.51. The van der Waals surface area contributed by atoms with Crippen molar-refractivity contribution in [3.05, 3.63) is 34.9 Å². The number of hydrogen-bond acceptors (Lipinski definition) is 1. The van der Waals surface area contributed by atoms with Crippen molar-refractivity contribution in [1.82, 2.24) is 0 Å². The molecule has 0 unspecified atom stereocenters. The molecule has 1 N–H and O–H groups in total. The highest BCUT2D eigenvalue weighted by atomic mass is 35.5. The molecule has 2 nitrogen and oxygen atoms in total. The molecule has 0 spiro atoms. The molecule has 0 heterocycles. The van der Waals surface area contributed by atoms with E-state index in [1.54, 1.807) is 0 Å². The molecule has 1 aliphatic carbocycles. The summed E-state index contributed by atoms with van der Waals surface area (Å²) in [6.07, 6.45) is 2.43. The zero-order valence-electron chi connectivity index (χ0n) is 9.24. The van der Waals surface area contributed by atoms with Gasteiger partial charge in [-0.1, -0.05) is 30.7 Å². The number of carboxylic acid groups (broad SMARTS) is 1. The molecule has 86 valence electrons. The van der Waals surface area contributed by atoms with Crippen molar-refractivity contribution in [1.29, 1.82) is 0 Å². The van der Waals surface area contributed by atoms with Gasteiger partial charge in [0.15, 0.2) is 0 Å². The van der Waals surface area contributed by atoms with Gasteiger partial charge in [-0.2, -0.15) is 0 Å². The lowest BCUT2D eigenvalue weighted by molar-refractivity contribution is -0.157. The molecule has 0 aliphatic heterocycles. The van der Waals surface area contributed by atoms with Gasteiger partial charge < -0.3 is 5.11 Å². The summed E-state index contributed by atoms with van der Waals surface area (Å²) in [4.78, 5) is 11.4. The van der Waals surface area contributed by atoms with Crippen LogP contribution in [0.4, 0.5) is 0 Å². The Morgan fingerprint density at radius 3 is 2.50 bits per heavy atom. The summed E-state index contributed by atoms with van der Waals surface area (Å²) in [5.41, 5.74) is 0.549. The van der Waals surface area contributed by atoms with Crippen LogP contribution < -0.4 is 0 Å². The first kappa shape index (κ1) is 11.5. The molecule has 0 radical (unpaired) electrons. The van der Waals surface area contributed by atoms with E-state index in [0.717, 1.165) is 18.4 Å². The van der Waals surface area contributed by atoms with E-state index in [0.29, 0.717) is 11.4 Å². The van der Waals surface area contributed by atoms with Crippen LogP contribution in [0.25, 0.3) is 0 Å². The third-order valence-electron chi connectivity index (χ3n) is 3.88. The molecule has 1 aromatic carbocycles. The highest BCUT2D eigenvalue weighted by Crippen LogP contribution is 2.55. The molecule has 2 atom stereocenters. The Hall–Kier alpha value is -1.02. The largest absolute Gasteiger partial charge is 0.481 e. The van der Waals surface area contributed by atoms with Crippen LogP contribution in [0.2, 0.25) is 5.02 Å². The molecule has 1 aliphatic rings. The minimum absolute atomic E-state index is 0.146. The van der Waals surface area contributed by atoms with Crippen LogP contribution in [0.1, 0.15) is 37.7 Å². The van der Waals surface area contributed by atoms with Gasteiger partial charge in [-0.3, -0.25) is 4.79 Å². The van der Waals surface area contributed by atoms with Crippen LogP contribution in [0.15, 0.2) is 24.3 Å². The van der Waals surface area contributed by atoms with Crippen LogP contribution in [0.5, 0.6) is 0 Å². The molecule has 0 bridgehead atoms. The van der Waals surface area contributed by atoms with Gasteiger partial charge in [0.1, 0.15) is 0 Å². The van der Waals surface area contributed by atoms with Crippen molar-refractivity contribution >= 4 is 17.6 Å². The number of halogens is 1. The van der Waals surface area contributed by atoms with E-state index < -0.39 is 11.4 Å². The van der Waals surface area contributed by atoms with Gasteiger partial charge in [0.05, 0.1) is 5.41 Å². The van der Waals surface area contributed by atoms with E-state index in [-0.39, 0.29) is 5.92 Å². The van der Waals surface area contributed by atoms with Crippen molar-refractivity contribution in [3.8, 4) is 0 Å². The maximum Gasteiger partial charge on any atom is 0.310 e. The van der Waals surface area contributed by atoms with E-state index in [1.165, 1.54) is 0 Å². The van der Waals surface area contributed by atoms with Crippen molar-refractivity contribution < 1.29 is 9.90 Å². The second-order valence-corrected chi connectivity index (χ2v) is 4.89. The number of carboxylic acids is 1. The van der Waals surface area contributed by atoms with Gasteiger partial charge >= 0.3 is 5.97 Å². The Kier molecular flexibility index (Phi) is 2.94. The zero-order valence-corrected chi connectivity index (χ0v) is 10.00. The third kappa shape index (κ3) is 1.61. The molecule has 0 amide bonds. The van der Waals surface area contributed by atoms with E-state index in [4.69, 9.17) is 11.6 Å². The van der Waals surface area contributed by atoms with Crippen LogP contribution in [-0.2, 0) is 4.79 Å². The topological polar surface area (TPSA) is 37.3 Å². The molecular weight excluding hydrogens is 224 g/mol. The number of rotatable bonds is 3. The molecule has 1 saturated carbocycles. The first-order chi connectivity index (χ1) is 7.60. The molecular formula is C13H15ClO2. The fourth-order valence-corrected chi connectivity index (χ4v) is 2.77. The van der Waals surface area contributed by atoms with E-state index >= 15 is 0 Å². The smallest absolute Gasteiger partial charge is 0.310 e. The SMILES string of the molecule is CC[C@]1(C(=O)O)CC[C@H]1c1ccc(Cl)cc1. The van der Waals surface area contributed by atoms with E-state index in [1.807, 2.05) is 31.2 Å². The van der Waals surface area contributed by atoms with Gasteiger partial charge in [0, 0.05) is 10.9 Å². The maximum absolute atomic E-state index is 11.4. The Morgan fingerprint density at radius 1 is 1.50 bits per heavy atom. The lowest BCUT2D eigenvalue weighted by Crippen LogP contribution is -2.44. The standard InChI is InChI=1S/C13H15ClO2/c1-2-13(12(15)16)8-7-11(13)9-3-5-10(14)6-4-9/h3-6,11H,2,7-8H2,1H3,(H,15,16)/t11-,13-/m0/s1. The quantitative estimate of drug-likeness (QED) is 0.872. The average Bonchev–Trinajstić information content (AvgIpc) is 2.21. The van der Waals surface area contributed by atoms with Crippen molar-refractivity contribution in [2.45, 2.75) is 32.1 Å². The lowest BCUT2D eigenvalue weighted by atomic mass is 9.56. The molecule has 2 rings (SSSR count). The minimum Gasteiger partial charge on any atom is -0.481 e. The van der Waals surface area contributed by atoms with E-state index in [9.17, 15) is 9.90 Å². The first-order valence-electron chi connectivity index (χ1n) is 5.59. The fourth-order valence-electron chi connectivity index (χ4n) is 2.65. The summed E-state index contributed by atoms with van der Waals surface area (Å²) < 4.78 is 0. The second-order valence-electron chi connectivity index (χ2n) is 4.46. The molecule has 3 heteroatoms. The Morgan fingerprint density at radius 2 is 2.12 bits per heavy atom. The summed E-state index contributed by atoms with van der Waals surface area (Å²) in [6.45, 7) is 1.95. The number of benzene rings is 1. The van der Waals surface area contributed by atoms with Gasteiger partial charge in [0.2, 0.25) is 0 Å². The number of hydrogen-bond donors (Lipinski definition) is 1. The van der Waals surface area contributed by atoms with Crippen molar-refractivity contribution in [2.24, 2.45) is 5.41 Å². The summed E-state index contributed by atoms with van der Waals surface area (Å²) in [5, 5.41) is 10.0.